The van der Waals surface area contributed by atoms with E-state index in [1.165, 1.54) is 25.7 Å². The van der Waals surface area contributed by atoms with Crippen molar-refractivity contribution in [3.63, 3.8) is 0 Å². The van der Waals surface area contributed by atoms with Gasteiger partial charge in [-0.1, -0.05) is 19.3 Å². The van der Waals surface area contributed by atoms with Crippen LogP contribution in [0.5, 0.6) is 0 Å². The summed E-state index contributed by atoms with van der Waals surface area (Å²) < 4.78 is 5.78. The summed E-state index contributed by atoms with van der Waals surface area (Å²) >= 11 is 0. The van der Waals surface area contributed by atoms with E-state index in [1.54, 1.807) is 0 Å². The molecule has 20 heavy (non-hydrogen) atoms. The Hall–Kier alpha value is -0.320. The number of carbonyl (C=O) groups excluding carboxylic acids is 1. The quantitative estimate of drug-likeness (QED) is 0.741. The van der Waals surface area contributed by atoms with Crippen LogP contribution in [0.3, 0.4) is 0 Å². The smallest absolute Gasteiger partial charge is 0.223 e. The maximum absolute atomic E-state index is 12.0. The minimum atomic E-state index is 0. The lowest BCUT2D eigenvalue weighted by atomic mass is 9.85. The van der Waals surface area contributed by atoms with Gasteiger partial charge in [0.25, 0.3) is 0 Å². The first-order valence-corrected chi connectivity index (χ1v) is 7.90. The summed E-state index contributed by atoms with van der Waals surface area (Å²) in [5.41, 5.74) is 5.91. The van der Waals surface area contributed by atoms with Crippen LogP contribution in [0.15, 0.2) is 0 Å². The van der Waals surface area contributed by atoms with Gasteiger partial charge in [0.05, 0.1) is 6.10 Å². The first-order valence-electron chi connectivity index (χ1n) is 7.90. The minimum Gasteiger partial charge on any atom is -0.378 e. The fourth-order valence-corrected chi connectivity index (χ4v) is 3.20. The number of halogens is 1. The van der Waals surface area contributed by atoms with E-state index in [0.29, 0.717) is 6.10 Å². The maximum atomic E-state index is 12.0. The summed E-state index contributed by atoms with van der Waals surface area (Å²) in [6, 6.07) is 0.218. The van der Waals surface area contributed by atoms with E-state index >= 15 is 0 Å². The highest BCUT2D eigenvalue weighted by Gasteiger charge is 2.24. The van der Waals surface area contributed by atoms with Crippen LogP contribution in [0.4, 0.5) is 0 Å². The summed E-state index contributed by atoms with van der Waals surface area (Å²) in [5.74, 6) is 0.329. The van der Waals surface area contributed by atoms with Crippen molar-refractivity contribution in [1.29, 1.82) is 0 Å². The highest BCUT2D eigenvalue weighted by atomic mass is 35.5. The van der Waals surface area contributed by atoms with Crippen LogP contribution >= 0.6 is 12.4 Å². The second-order valence-corrected chi connectivity index (χ2v) is 6.05. The van der Waals surface area contributed by atoms with Gasteiger partial charge in [-0.3, -0.25) is 4.79 Å². The molecule has 2 aliphatic carbocycles. The molecule has 0 bridgehead atoms. The summed E-state index contributed by atoms with van der Waals surface area (Å²) in [4.78, 5) is 12.0. The van der Waals surface area contributed by atoms with Crippen molar-refractivity contribution in [2.24, 2.45) is 11.7 Å². The van der Waals surface area contributed by atoms with Crippen molar-refractivity contribution >= 4 is 18.3 Å². The number of hydrogen-bond donors (Lipinski definition) is 2. The molecule has 0 aromatic heterocycles. The number of nitrogens with one attached hydrogen (secondary N) is 1. The lowest BCUT2D eigenvalue weighted by molar-refractivity contribution is -0.126. The van der Waals surface area contributed by atoms with Crippen molar-refractivity contribution in [2.75, 3.05) is 13.2 Å². The van der Waals surface area contributed by atoms with Crippen molar-refractivity contribution in [3.8, 4) is 0 Å². The third-order valence-electron chi connectivity index (χ3n) is 4.36. The Kier molecular flexibility index (Phi) is 8.50. The topological polar surface area (TPSA) is 64.4 Å². The van der Waals surface area contributed by atoms with Crippen LogP contribution in [0.25, 0.3) is 0 Å². The SMILES string of the molecule is Cl.NC1CCCC(C(=O)NCCCOC2CCCC2)C1. The molecule has 2 fully saturated rings. The molecule has 3 N–H and O–H groups in total. The van der Waals surface area contributed by atoms with Crippen molar-refractivity contribution in [2.45, 2.75) is 69.9 Å². The summed E-state index contributed by atoms with van der Waals surface area (Å²) in [6.45, 7) is 1.51. The molecule has 0 radical (unpaired) electrons. The lowest BCUT2D eigenvalue weighted by Crippen LogP contribution is -2.38. The van der Waals surface area contributed by atoms with Crippen molar-refractivity contribution in [3.05, 3.63) is 0 Å². The van der Waals surface area contributed by atoms with Crippen LogP contribution in [0.2, 0.25) is 0 Å². The van der Waals surface area contributed by atoms with Gasteiger partial charge in [0.2, 0.25) is 5.91 Å². The molecule has 0 heterocycles. The average molecular weight is 305 g/mol. The van der Waals surface area contributed by atoms with Crippen LogP contribution < -0.4 is 11.1 Å². The number of amides is 1. The molecule has 2 unspecified atom stereocenters. The number of nitrogens with two attached hydrogens (primary N) is 1. The third-order valence-corrected chi connectivity index (χ3v) is 4.36. The predicted molar refractivity (Wildman–Crippen MR) is 83.0 cm³/mol. The Morgan fingerprint density at radius 3 is 2.60 bits per heavy atom. The van der Waals surface area contributed by atoms with Gasteiger partial charge in [-0.25, -0.2) is 0 Å². The minimum absolute atomic E-state index is 0. The molecular formula is C15H29ClN2O2. The molecule has 118 valence electrons. The molecular weight excluding hydrogens is 276 g/mol. The number of hydrogen-bond acceptors (Lipinski definition) is 3. The second-order valence-electron chi connectivity index (χ2n) is 6.05. The van der Waals surface area contributed by atoms with Crippen LogP contribution in [-0.4, -0.2) is 31.2 Å². The van der Waals surface area contributed by atoms with Crippen molar-refractivity contribution < 1.29 is 9.53 Å². The van der Waals surface area contributed by atoms with Gasteiger partial charge in [0.1, 0.15) is 0 Å². The molecule has 2 aliphatic rings. The van der Waals surface area contributed by atoms with E-state index in [9.17, 15) is 4.79 Å². The van der Waals surface area contributed by atoms with Gasteiger partial charge in [-0.15, -0.1) is 12.4 Å². The summed E-state index contributed by atoms with van der Waals surface area (Å²) in [7, 11) is 0. The average Bonchev–Trinajstić information content (AvgIpc) is 2.91. The lowest BCUT2D eigenvalue weighted by Gasteiger charge is -2.25. The molecule has 0 aliphatic heterocycles. The van der Waals surface area contributed by atoms with Gasteiger partial charge < -0.3 is 15.8 Å². The normalized spacial score (nSPS) is 27.1. The Balaban J connectivity index is 0.00000200. The summed E-state index contributed by atoms with van der Waals surface area (Å²) in [6.07, 6.45) is 10.4. The molecule has 1 amide bonds. The number of ether oxygens (including phenoxy) is 1. The van der Waals surface area contributed by atoms with Gasteiger partial charge in [-0.2, -0.15) is 0 Å². The number of rotatable bonds is 6. The van der Waals surface area contributed by atoms with E-state index in [2.05, 4.69) is 5.32 Å². The molecule has 0 aromatic carbocycles. The van der Waals surface area contributed by atoms with E-state index in [1.807, 2.05) is 0 Å². The zero-order valence-electron chi connectivity index (χ0n) is 12.3. The van der Waals surface area contributed by atoms with Crippen LogP contribution in [-0.2, 0) is 9.53 Å². The van der Waals surface area contributed by atoms with Gasteiger partial charge >= 0.3 is 0 Å². The van der Waals surface area contributed by atoms with Crippen molar-refractivity contribution in [1.82, 2.24) is 5.32 Å². The summed E-state index contributed by atoms with van der Waals surface area (Å²) in [5, 5.41) is 3.02. The molecule has 4 nitrogen and oxygen atoms in total. The molecule has 2 rings (SSSR count). The Bertz CT molecular complexity index is 283. The Morgan fingerprint density at radius 1 is 1.15 bits per heavy atom. The second kappa shape index (κ2) is 9.59. The zero-order valence-corrected chi connectivity index (χ0v) is 13.1. The first kappa shape index (κ1) is 17.7. The molecule has 2 saturated carbocycles. The van der Waals surface area contributed by atoms with Crippen LogP contribution in [0, 0.1) is 5.92 Å². The Morgan fingerprint density at radius 2 is 1.90 bits per heavy atom. The molecule has 0 spiro atoms. The van der Waals surface area contributed by atoms with Gasteiger partial charge in [0, 0.05) is 25.1 Å². The molecule has 0 aromatic rings. The monoisotopic (exact) mass is 304 g/mol. The molecule has 0 saturated heterocycles. The highest BCUT2D eigenvalue weighted by molar-refractivity contribution is 5.85. The standard InChI is InChI=1S/C15H28N2O2.ClH/c16-13-6-3-5-12(11-13)15(18)17-9-4-10-19-14-7-1-2-8-14;/h12-14H,1-11,16H2,(H,17,18);1H. The van der Waals surface area contributed by atoms with Crippen LogP contribution in [0.1, 0.15) is 57.8 Å². The van der Waals surface area contributed by atoms with E-state index in [-0.39, 0.29) is 30.3 Å². The van der Waals surface area contributed by atoms with E-state index in [0.717, 1.165) is 45.3 Å². The fraction of sp³-hybridized carbons (Fsp3) is 0.933. The van der Waals surface area contributed by atoms with Gasteiger partial charge in [-0.05, 0) is 38.5 Å². The Labute approximate surface area is 128 Å². The van der Waals surface area contributed by atoms with E-state index in [4.69, 9.17) is 10.5 Å². The zero-order chi connectivity index (χ0) is 13.5. The molecule has 2 atom stereocenters. The molecule has 5 heteroatoms. The first-order chi connectivity index (χ1) is 9.25. The third kappa shape index (κ3) is 5.98. The largest absolute Gasteiger partial charge is 0.378 e. The number of carbonyl (C=O) groups is 1. The van der Waals surface area contributed by atoms with E-state index < -0.39 is 0 Å². The fourth-order valence-electron chi connectivity index (χ4n) is 3.20. The maximum Gasteiger partial charge on any atom is 0.223 e. The predicted octanol–water partition coefficient (Wildman–Crippen LogP) is 2.39. The highest BCUT2D eigenvalue weighted by Crippen LogP contribution is 2.23. The van der Waals surface area contributed by atoms with Gasteiger partial charge in [0.15, 0.2) is 0 Å².